The molecule has 10 heteroatoms. The van der Waals surface area contributed by atoms with E-state index in [0.717, 1.165) is 11.3 Å². The number of anilines is 1. The molecule has 0 aliphatic heterocycles. The summed E-state index contributed by atoms with van der Waals surface area (Å²) in [6.45, 7) is 1.30. The molecule has 0 radical (unpaired) electrons. The van der Waals surface area contributed by atoms with Crippen LogP contribution < -0.4 is 4.72 Å². The van der Waals surface area contributed by atoms with Gasteiger partial charge < -0.3 is 5.11 Å². The molecule has 3 N–H and O–H groups in total. The molecule has 0 atom stereocenters. The van der Waals surface area contributed by atoms with E-state index in [1.165, 1.54) is 6.20 Å². The van der Waals surface area contributed by atoms with Crippen molar-refractivity contribution in [1.82, 2.24) is 20.4 Å². The lowest BCUT2D eigenvalue weighted by Gasteiger charge is -2.03. The first-order chi connectivity index (χ1) is 8.03. The molecule has 8 nitrogen and oxygen atoms in total. The quantitative estimate of drug-likeness (QED) is 0.714. The number of hydrogen-bond acceptors (Lipinski definition) is 7. The van der Waals surface area contributed by atoms with E-state index in [4.69, 9.17) is 5.11 Å². The van der Waals surface area contributed by atoms with Crippen LogP contribution in [0.3, 0.4) is 0 Å². The van der Waals surface area contributed by atoms with Crippen LogP contribution in [0.2, 0.25) is 0 Å². The number of aryl methyl sites for hydroxylation is 1. The summed E-state index contributed by atoms with van der Waals surface area (Å²) in [6.07, 6.45) is 1.25. The van der Waals surface area contributed by atoms with Gasteiger partial charge in [0.05, 0.1) is 12.8 Å². The van der Waals surface area contributed by atoms with Crippen LogP contribution in [-0.4, -0.2) is 33.9 Å². The molecule has 2 aromatic rings. The molecule has 0 aliphatic carbocycles. The number of nitrogens with one attached hydrogen (secondary N) is 2. The van der Waals surface area contributed by atoms with Crippen LogP contribution in [0, 0.1) is 6.92 Å². The van der Waals surface area contributed by atoms with Crippen molar-refractivity contribution in [1.29, 1.82) is 0 Å². The Morgan fingerprint density at radius 2 is 2.29 bits per heavy atom. The van der Waals surface area contributed by atoms with Crippen LogP contribution in [0.25, 0.3) is 0 Å². The van der Waals surface area contributed by atoms with Gasteiger partial charge in [-0.25, -0.2) is 0 Å². The number of hydrogen-bond donors (Lipinski definition) is 3. The van der Waals surface area contributed by atoms with E-state index in [-0.39, 0.29) is 15.7 Å². The fourth-order valence-electron chi connectivity index (χ4n) is 1.15. The summed E-state index contributed by atoms with van der Waals surface area (Å²) < 4.78 is 26.0. The van der Waals surface area contributed by atoms with Crippen LogP contribution in [0.15, 0.2) is 11.2 Å². The first kappa shape index (κ1) is 12.0. The highest BCUT2D eigenvalue weighted by atomic mass is 32.2. The van der Waals surface area contributed by atoms with Crippen LogP contribution in [0.1, 0.15) is 10.6 Å². The molecule has 0 saturated carbocycles. The van der Waals surface area contributed by atoms with Crippen molar-refractivity contribution in [2.24, 2.45) is 0 Å². The number of nitrogens with zero attached hydrogens (tertiary/aromatic N) is 3. The first-order valence-corrected chi connectivity index (χ1v) is 6.79. The third-order valence-electron chi connectivity index (χ3n) is 1.86. The van der Waals surface area contributed by atoms with E-state index < -0.39 is 16.6 Å². The molecule has 0 aromatic carbocycles. The molecule has 92 valence electrons. The van der Waals surface area contributed by atoms with Gasteiger partial charge in [0, 0.05) is 5.56 Å². The van der Waals surface area contributed by atoms with E-state index in [2.05, 4.69) is 25.1 Å². The average Bonchev–Trinajstić information content (AvgIpc) is 2.86. The number of sulfonamides is 1. The predicted molar refractivity (Wildman–Crippen MR) is 60.0 cm³/mol. The molecule has 0 saturated heterocycles. The number of aromatic nitrogens is 4. The maximum atomic E-state index is 11.9. The van der Waals surface area contributed by atoms with E-state index in [0.29, 0.717) is 5.01 Å². The highest BCUT2D eigenvalue weighted by molar-refractivity contribution is 7.92. The van der Waals surface area contributed by atoms with Gasteiger partial charge in [0.2, 0.25) is 5.13 Å². The van der Waals surface area contributed by atoms with Crippen molar-refractivity contribution in [3.8, 4) is 0 Å². The molecule has 17 heavy (non-hydrogen) atoms. The van der Waals surface area contributed by atoms with E-state index in [1.54, 1.807) is 6.92 Å². The maximum absolute atomic E-state index is 11.9. The van der Waals surface area contributed by atoms with Crippen LogP contribution in [-0.2, 0) is 16.6 Å². The summed E-state index contributed by atoms with van der Waals surface area (Å²) in [5.74, 6) is 0. The number of aromatic amines is 1. The van der Waals surface area contributed by atoms with Crippen molar-refractivity contribution in [3.05, 3.63) is 16.8 Å². The van der Waals surface area contributed by atoms with Gasteiger partial charge in [-0.3, -0.25) is 9.82 Å². The largest absolute Gasteiger partial charge is 0.392 e. The third kappa shape index (κ3) is 2.43. The zero-order valence-electron chi connectivity index (χ0n) is 8.71. The summed E-state index contributed by atoms with van der Waals surface area (Å²) >= 11 is 1.12. The minimum absolute atomic E-state index is 0.168. The van der Waals surface area contributed by atoms with Gasteiger partial charge >= 0.3 is 0 Å². The monoisotopic (exact) mass is 275 g/mol. The van der Waals surface area contributed by atoms with Crippen molar-refractivity contribution < 1.29 is 13.5 Å². The average molecular weight is 275 g/mol. The lowest BCUT2D eigenvalue weighted by atomic mass is 10.4. The summed E-state index contributed by atoms with van der Waals surface area (Å²) in [6, 6.07) is 0. The molecule has 2 heterocycles. The van der Waals surface area contributed by atoms with Crippen LogP contribution in [0.4, 0.5) is 5.13 Å². The minimum Gasteiger partial charge on any atom is -0.392 e. The highest BCUT2D eigenvalue weighted by Gasteiger charge is 2.21. The molecular weight excluding hydrogens is 266 g/mol. The van der Waals surface area contributed by atoms with Gasteiger partial charge in [-0.2, -0.15) is 13.5 Å². The first-order valence-electron chi connectivity index (χ1n) is 4.49. The second kappa shape index (κ2) is 4.39. The van der Waals surface area contributed by atoms with Gasteiger partial charge in [0.1, 0.15) is 5.01 Å². The topological polar surface area (TPSA) is 121 Å². The number of aliphatic hydroxyl groups excluding tert-OH is 1. The zero-order chi connectivity index (χ0) is 12.5. The van der Waals surface area contributed by atoms with Gasteiger partial charge in [-0.05, 0) is 6.92 Å². The van der Waals surface area contributed by atoms with Crippen molar-refractivity contribution >= 4 is 26.5 Å². The second-order valence-electron chi connectivity index (χ2n) is 3.11. The maximum Gasteiger partial charge on any atom is 0.281 e. The predicted octanol–water partition coefficient (Wildman–Crippen LogP) is -0.137. The summed E-state index contributed by atoms with van der Waals surface area (Å²) in [4.78, 5) is 0. The van der Waals surface area contributed by atoms with Gasteiger partial charge in [0.25, 0.3) is 10.0 Å². The summed E-state index contributed by atoms with van der Waals surface area (Å²) in [5.41, 5.74) is 0.193. The van der Waals surface area contributed by atoms with E-state index in [9.17, 15) is 8.42 Å². The number of aliphatic hydroxyl groups is 1. The molecule has 0 fully saturated rings. The Morgan fingerprint density at radius 3 is 2.88 bits per heavy atom. The molecule has 2 aromatic heterocycles. The molecule has 0 aliphatic rings. The van der Waals surface area contributed by atoms with Crippen LogP contribution >= 0.6 is 11.3 Å². The molecular formula is C7H9N5O3S2. The Hall–Kier alpha value is -1.52. The van der Waals surface area contributed by atoms with Crippen LogP contribution in [0.5, 0.6) is 0 Å². The van der Waals surface area contributed by atoms with Crippen molar-refractivity contribution in [2.75, 3.05) is 4.72 Å². The number of H-pyrrole nitrogens is 1. The molecule has 0 amide bonds. The fourth-order valence-corrected chi connectivity index (χ4v) is 3.10. The number of rotatable bonds is 4. The summed E-state index contributed by atoms with van der Waals surface area (Å²) in [5, 5.41) is 22.8. The Balaban J connectivity index is 2.31. The Bertz CT molecular complexity index is 617. The standard InChI is InChI=1S/C7H9N5O3S2/c1-4-9-11-7(16-4)12-17(14,15)6-5(3-13)2-8-10-6/h2,13H,3H2,1H3,(H,8,10)(H,11,12). The molecule has 0 bridgehead atoms. The fraction of sp³-hybridized carbons (Fsp3) is 0.286. The Morgan fingerprint density at radius 1 is 1.53 bits per heavy atom. The SMILES string of the molecule is Cc1nnc(NS(=O)(=O)c2[nH]ncc2CO)s1. The Kier molecular flexibility index (Phi) is 3.09. The molecule has 0 unspecified atom stereocenters. The van der Waals surface area contributed by atoms with Crippen molar-refractivity contribution in [3.63, 3.8) is 0 Å². The van der Waals surface area contributed by atoms with E-state index >= 15 is 0 Å². The normalized spacial score (nSPS) is 11.6. The lowest BCUT2D eigenvalue weighted by molar-refractivity contribution is 0.278. The molecule has 0 spiro atoms. The minimum atomic E-state index is -3.82. The summed E-state index contributed by atoms with van der Waals surface area (Å²) in [7, 11) is -3.82. The second-order valence-corrected chi connectivity index (χ2v) is 5.92. The zero-order valence-corrected chi connectivity index (χ0v) is 10.3. The van der Waals surface area contributed by atoms with Gasteiger partial charge in [0.15, 0.2) is 5.03 Å². The Labute approximate surface area is 101 Å². The lowest BCUT2D eigenvalue weighted by Crippen LogP contribution is -2.15. The molecule has 2 rings (SSSR count). The van der Waals surface area contributed by atoms with E-state index in [1.807, 2.05) is 0 Å². The van der Waals surface area contributed by atoms with Gasteiger partial charge in [-0.15, -0.1) is 10.2 Å². The smallest absolute Gasteiger partial charge is 0.281 e. The van der Waals surface area contributed by atoms with Gasteiger partial charge in [-0.1, -0.05) is 11.3 Å². The third-order valence-corrected chi connectivity index (χ3v) is 4.10. The highest BCUT2D eigenvalue weighted by Crippen LogP contribution is 2.19. The van der Waals surface area contributed by atoms with Crippen molar-refractivity contribution in [2.45, 2.75) is 18.6 Å².